The highest BCUT2D eigenvalue weighted by molar-refractivity contribution is 7.09. The maximum absolute atomic E-state index is 12.6. The molecule has 1 aromatic carbocycles. The number of anilines is 1. The van der Waals surface area contributed by atoms with E-state index >= 15 is 0 Å². The van der Waals surface area contributed by atoms with Crippen molar-refractivity contribution in [3.63, 3.8) is 0 Å². The van der Waals surface area contributed by atoms with E-state index in [1.54, 1.807) is 17.4 Å². The minimum absolute atomic E-state index is 0.0513. The van der Waals surface area contributed by atoms with Crippen molar-refractivity contribution in [2.24, 2.45) is 0 Å². The Kier molecular flexibility index (Phi) is 6.59. The summed E-state index contributed by atoms with van der Waals surface area (Å²) in [6.45, 7) is 7.01. The summed E-state index contributed by atoms with van der Waals surface area (Å²) < 4.78 is 0. The second kappa shape index (κ2) is 9.53. The summed E-state index contributed by atoms with van der Waals surface area (Å²) in [6, 6.07) is 7.82. The molecule has 0 bridgehead atoms. The van der Waals surface area contributed by atoms with Gasteiger partial charge in [0.05, 0.1) is 10.7 Å². The number of aromatic nitrogens is 1. The monoisotopic (exact) mass is 424 g/mol. The number of hydrogen-bond acceptors (Lipinski definition) is 5. The van der Waals surface area contributed by atoms with Crippen LogP contribution in [0, 0.1) is 0 Å². The standard InChI is InChI=1S/C23H28N4O2S/c1-2-21-24-19(17-30-21)16-25-12-14-26(15-13-25)22(28)10-7-18-5-8-20(9-6-18)27-11-3-4-23(27)29/h5-10,17H,2-4,11-16H2,1H3. The topological polar surface area (TPSA) is 56.8 Å². The van der Waals surface area contributed by atoms with E-state index in [1.165, 1.54) is 5.01 Å². The predicted octanol–water partition coefficient (Wildman–Crippen LogP) is 3.19. The number of aryl methyl sites for hydroxylation is 1. The second-order valence-corrected chi connectivity index (χ2v) is 8.70. The van der Waals surface area contributed by atoms with Crippen LogP contribution in [0.5, 0.6) is 0 Å². The molecular formula is C23H28N4O2S. The van der Waals surface area contributed by atoms with Gasteiger partial charge in [-0.05, 0) is 36.6 Å². The molecule has 30 heavy (non-hydrogen) atoms. The van der Waals surface area contributed by atoms with Crippen LogP contribution in [0.25, 0.3) is 6.08 Å². The third-order valence-corrected chi connectivity index (χ3v) is 6.71. The molecule has 0 spiro atoms. The fraction of sp³-hybridized carbons (Fsp3) is 0.435. The van der Waals surface area contributed by atoms with Gasteiger partial charge in [0.15, 0.2) is 0 Å². The molecule has 2 aliphatic heterocycles. The number of benzene rings is 1. The Morgan fingerprint density at radius 2 is 1.90 bits per heavy atom. The molecule has 0 unspecified atom stereocenters. The molecule has 0 atom stereocenters. The molecule has 0 aliphatic carbocycles. The van der Waals surface area contributed by atoms with Crippen LogP contribution < -0.4 is 4.90 Å². The summed E-state index contributed by atoms with van der Waals surface area (Å²) in [6.07, 6.45) is 6.04. The van der Waals surface area contributed by atoms with Crippen molar-refractivity contribution in [1.82, 2.24) is 14.8 Å². The first kappa shape index (κ1) is 20.8. The number of hydrogen-bond donors (Lipinski definition) is 0. The number of amides is 2. The molecule has 0 radical (unpaired) electrons. The average molecular weight is 425 g/mol. The van der Waals surface area contributed by atoms with Crippen LogP contribution >= 0.6 is 11.3 Å². The van der Waals surface area contributed by atoms with E-state index in [0.29, 0.717) is 6.42 Å². The molecule has 6 nitrogen and oxygen atoms in total. The quantitative estimate of drug-likeness (QED) is 0.669. The van der Waals surface area contributed by atoms with E-state index in [2.05, 4.69) is 22.2 Å². The van der Waals surface area contributed by atoms with Gasteiger partial charge in [-0.2, -0.15) is 0 Å². The zero-order chi connectivity index (χ0) is 20.9. The summed E-state index contributed by atoms with van der Waals surface area (Å²) in [4.78, 5) is 35.1. The summed E-state index contributed by atoms with van der Waals surface area (Å²) in [5, 5.41) is 3.33. The van der Waals surface area contributed by atoms with Crippen molar-refractivity contribution in [1.29, 1.82) is 0 Å². The number of carbonyl (C=O) groups is 2. The highest BCUT2D eigenvalue weighted by Gasteiger charge is 2.22. The second-order valence-electron chi connectivity index (χ2n) is 7.76. The van der Waals surface area contributed by atoms with Crippen LogP contribution in [0.3, 0.4) is 0 Å². The van der Waals surface area contributed by atoms with Gasteiger partial charge >= 0.3 is 0 Å². The van der Waals surface area contributed by atoms with Crippen molar-refractivity contribution in [3.05, 3.63) is 52.0 Å². The van der Waals surface area contributed by atoms with Gasteiger partial charge in [0, 0.05) is 62.8 Å². The number of piperazine rings is 1. The zero-order valence-electron chi connectivity index (χ0n) is 17.4. The van der Waals surface area contributed by atoms with Crippen LogP contribution in [-0.2, 0) is 22.6 Å². The molecule has 2 amide bonds. The highest BCUT2D eigenvalue weighted by Crippen LogP contribution is 2.22. The number of thiazole rings is 1. The Balaban J connectivity index is 1.26. The molecule has 0 N–H and O–H groups in total. The maximum atomic E-state index is 12.6. The highest BCUT2D eigenvalue weighted by atomic mass is 32.1. The minimum Gasteiger partial charge on any atom is -0.337 e. The average Bonchev–Trinajstić information content (AvgIpc) is 3.41. The molecule has 0 saturated carbocycles. The first-order valence-corrected chi connectivity index (χ1v) is 11.5. The van der Waals surface area contributed by atoms with Crippen LogP contribution in [-0.4, -0.2) is 59.3 Å². The van der Waals surface area contributed by atoms with Gasteiger partial charge in [0.1, 0.15) is 0 Å². The molecule has 158 valence electrons. The first-order chi connectivity index (χ1) is 14.6. The molecule has 3 heterocycles. The van der Waals surface area contributed by atoms with Crippen LogP contribution in [0.4, 0.5) is 5.69 Å². The third kappa shape index (κ3) is 4.96. The van der Waals surface area contributed by atoms with E-state index in [0.717, 1.165) is 69.1 Å². The van der Waals surface area contributed by atoms with Crippen molar-refractivity contribution in [2.45, 2.75) is 32.7 Å². The molecule has 1 aromatic heterocycles. The van der Waals surface area contributed by atoms with Gasteiger partial charge in [0.2, 0.25) is 11.8 Å². The molecule has 2 aromatic rings. The van der Waals surface area contributed by atoms with Crippen LogP contribution in [0.15, 0.2) is 35.7 Å². The summed E-state index contributed by atoms with van der Waals surface area (Å²) in [5.41, 5.74) is 3.03. The van der Waals surface area contributed by atoms with Gasteiger partial charge in [-0.3, -0.25) is 14.5 Å². The third-order valence-electron chi connectivity index (χ3n) is 5.67. The van der Waals surface area contributed by atoms with Gasteiger partial charge in [0.25, 0.3) is 0 Å². The maximum Gasteiger partial charge on any atom is 0.246 e. The smallest absolute Gasteiger partial charge is 0.246 e. The van der Waals surface area contributed by atoms with Crippen molar-refractivity contribution < 1.29 is 9.59 Å². The van der Waals surface area contributed by atoms with Gasteiger partial charge in [-0.15, -0.1) is 11.3 Å². The Hall–Kier alpha value is -2.51. The SMILES string of the molecule is CCc1nc(CN2CCN(C(=O)C=Cc3ccc(N4CCCC4=O)cc3)CC2)cs1. The minimum atomic E-state index is 0.0513. The molecular weight excluding hydrogens is 396 g/mol. The largest absolute Gasteiger partial charge is 0.337 e. The van der Waals surface area contributed by atoms with Crippen molar-refractivity contribution in [2.75, 3.05) is 37.6 Å². The molecule has 4 rings (SSSR count). The van der Waals surface area contributed by atoms with Gasteiger partial charge < -0.3 is 9.80 Å². The van der Waals surface area contributed by atoms with E-state index in [9.17, 15) is 9.59 Å². The molecule has 7 heteroatoms. The normalized spacial score (nSPS) is 18.0. The van der Waals surface area contributed by atoms with E-state index in [1.807, 2.05) is 40.1 Å². The number of rotatable bonds is 6. The lowest BCUT2D eigenvalue weighted by Crippen LogP contribution is -2.47. The summed E-state index contributed by atoms with van der Waals surface area (Å²) in [5.74, 6) is 0.239. The summed E-state index contributed by atoms with van der Waals surface area (Å²) >= 11 is 1.73. The van der Waals surface area contributed by atoms with E-state index in [-0.39, 0.29) is 11.8 Å². The Bertz CT molecular complexity index is 914. The number of carbonyl (C=O) groups excluding carboxylic acids is 2. The lowest BCUT2D eigenvalue weighted by molar-refractivity contribution is -0.127. The molecule has 2 saturated heterocycles. The zero-order valence-corrected chi connectivity index (χ0v) is 18.2. The molecule has 2 fully saturated rings. The Labute approximate surface area is 181 Å². The lowest BCUT2D eigenvalue weighted by Gasteiger charge is -2.33. The van der Waals surface area contributed by atoms with Gasteiger partial charge in [-0.25, -0.2) is 4.98 Å². The first-order valence-electron chi connectivity index (χ1n) is 10.7. The summed E-state index contributed by atoms with van der Waals surface area (Å²) in [7, 11) is 0. The predicted molar refractivity (Wildman–Crippen MR) is 120 cm³/mol. The Morgan fingerprint density at radius 3 is 2.53 bits per heavy atom. The fourth-order valence-electron chi connectivity index (χ4n) is 3.90. The van der Waals surface area contributed by atoms with Crippen molar-refractivity contribution in [3.8, 4) is 0 Å². The fourth-order valence-corrected chi connectivity index (χ4v) is 4.63. The van der Waals surface area contributed by atoms with Gasteiger partial charge in [-0.1, -0.05) is 19.1 Å². The molecule has 2 aliphatic rings. The van der Waals surface area contributed by atoms with E-state index < -0.39 is 0 Å². The van der Waals surface area contributed by atoms with Crippen molar-refractivity contribution >= 4 is 34.9 Å². The Morgan fingerprint density at radius 1 is 1.13 bits per heavy atom. The van der Waals surface area contributed by atoms with E-state index in [4.69, 9.17) is 0 Å². The lowest BCUT2D eigenvalue weighted by atomic mass is 10.1. The van der Waals surface area contributed by atoms with Crippen LogP contribution in [0.1, 0.15) is 36.0 Å². The number of nitrogens with zero attached hydrogens (tertiary/aromatic N) is 4. The van der Waals surface area contributed by atoms with Crippen LogP contribution in [0.2, 0.25) is 0 Å².